The average molecular weight is 265 g/mol. The van der Waals surface area contributed by atoms with E-state index in [9.17, 15) is 0 Å². The van der Waals surface area contributed by atoms with Crippen LogP contribution in [0.15, 0.2) is 12.4 Å². The number of anilines is 2. The molecule has 0 saturated carbocycles. The lowest BCUT2D eigenvalue weighted by molar-refractivity contribution is 0.188. The molecule has 0 spiro atoms. The van der Waals surface area contributed by atoms with Crippen LogP contribution >= 0.6 is 0 Å². The smallest absolute Gasteiger partial charge is 0.134 e. The van der Waals surface area contributed by atoms with E-state index in [1.807, 2.05) is 6.07 Å². The van der Waals surface area contributed by atoms with E-state index in [0.29, 0.717) is 0 Å². The molecule has 1 saturated heterocycles. The van der Waals surface area contributed by atoms with Crippen molar-refractivity contribution in [3.05, 3.63) is 12.4 Å². The molecular formula is C13H23N5O. The Morgan fingerprint density at radius 3 is 2.74 bits per heavy atom. The van der Waals surface area contributed by atoms with Gasteiger partial charge in [0.15, 0.2) is 0 Å². The minimum Gasteiger partial charge on any atom is -0.395 e. The molecule has 1 aromatic rings. The predicted octanol–water partition coefficient (Wildman–Crippen LogP) is 0.413. The highest BCUT2D eigenvalue weighted by atomic mass is 16.3. The van der Waals surface area contributed by atoms with Gasteiger partial charge in [-0.25, -0.2) is 9.97 Å². The topological polar surface area (TPSA) is 64.5 Å². The van der Waals surface area contributed by atoms with Crippen LogP contribution in [0.3, 0.4) is 0 Å². The normalized spacial score (nSPS) is 16.6. The molecule has 0 atom stereocenters. The van der Waals surface area contributed by atoms with E-state index in [-0.39, 0.29) is 6.61 Å². The van der Waals surface area contributed by atoms with Gasteiger partial charge in [0.25, 0.3) is 0 Å². The van der Waals surface area contributed by atoms with Crippen LogP contribution in [0.2, 0.25) is 0 Å². The highest BCUT2D eigenvalue weighted by Crippen LogP contribution is 2.16. The molecule has 2 N–H and O–H groups in total. The van der Waals surface area contributed by atoms with E-state index >= 15 is 0 Å². The van der Waals surface area contributed by atoms with Crippen molar-refractivity contribution < 1.29 is 5.11 Å². The van der Waals surface area contributed by atoms with Gasteiger partial charge >= 0.3 is 0 Å². The number of nitrogens with zero attached hydrogens (tertiary/aromatic N) is 4. The maximum atomic E-state index is 8.94. The lowest BCUT2D eigenvalue weighted by Crippen LogP contribution is -2.47. The van der Waals surface area contributed by atoms with Crippen molar-refractivity contribution in [1.29, 1.82) is 0 Å². The zero-order valence-corrected chi connectivity index (χ0v) is 11.5. The summed E-state index contributed by atoms with van der Waals surface area (Å²) in [5.74, 6) is 1.88. The molecule has 0 aliphatic carbocycles. The predicted molar refractivity (Wildman–Crippen MR) is 76.6 cm³/mol. The zero-order chi connectivity index (χ0) is 13.5. The Morgan fingerprint density at radius 2 is 2.05 bits per heavy atom. The number of hydrogen-bond acceptors (Lipinski definition) is 6. The molecule has 2 rings (SSSR count). The van der Waals surface area contributed by atoms with Gasteiger partial charge in [0.2, 0.25) is 0 Å². The number of piperazine rings is 1. The van der Waals surface area contributed by atoms with Crippen molar-refractivity contribution in [2.45, 2.75) is 13.3 Å². The van der Waals surface area contributed by atoms with Crippen molar-refractivity contribution in [3.63, 3.8) is 0 Å². The molecule has 6 nitrogen and oxygen atoms in total. The van der Waals surface area contributed by atoms with E-state index in [4.69, 9.17) is 5.11 Å². The number of aromatic nitrogens is 2. The summed E-state index contributed by atoms with van der Waals surface area (Å²) in [4.78, 5) is 13.1. The fourth-order valence-electron chi connectivity index (χ4n) is 2.21. The molecule has 0 aromatic carbocycles. The zero-order valence-electron chi connectivity index (χ0n) is 11.5. The summed E-state index contributed by atoms with van der Waals surface area (Å²) in [5.41, 5.74) is 0. The molecule has 1 aliphatic rings. The number of hydrogen-bond donors (Lipinski definition) is 2. The molecule has 0 unspecified atom stereocenters. The van der Waals surface area contributed by atoms with Crippen LogP contribution in [0.5, 0.6) is 0 Å². The fourth-order valence-corrected chi connectivity index (χ4v) is 2.21. The Balaban J connectivity index is 1.91. The van der Waals surface area contributed by atoms with Gasteiger partial charge in [0.1, 0.15) is 18.0 Å². The minimum atomic E-state index is 0.235. The lowest BCUT2D eigenvalue weighted by atomic mass is 10.3. The highest BCUT2D eigenvalue weighted by Gasteiger charge is 2.17. The second kappa shape index (κ2) is 7.25. The van der Waals surface area contributed by atoms with Crippen molar-refractivity contribution in [2.75, 3.05) is 56.1 Å². The number of β-amino-alcohol motifs (C(OH)–C–C–N with tert-alkyl or cyclic N) is 1. The van der Waals surface area contributed by atoms with Crippen LogP contribution in [-0.4, -0.2) is 65.8 Å². The maximum Gasteiger partial charge on any atom is 0.134 e. The second-order valence-corrected chi connectivity index (χ2v) is 4.74. The van der Waals surface area contributed by atoms with Gasteiger partial charge in [-0.05, 0) is 6.42 Å². The number of aliphatic hydroxyl groups is 1. The first kappa shape index (κ1) is 14.0. The van der Waals surface area contributed by atoms with Crippen LogP contribution in [0.25, 0.3) is 0 Å². The van der Waals surface area contributed by atoms with E-state index in [0.717, 1.165) is 57.3 Å². The van der Waals surface area contributed by atoms with Crippen LogP contribution in [0.1, 0.15) is 13.3 Å². The molecule has 1 fully saturated rings. The largest absolute Gasteiger partial charge is 0.395 e. The summed E-state index contributed by atoms with van der Waals surface area (Å²) in [6.07, 6.45) is 2.70. The van der Waals surface area contributed by atoms with Crippen LogP contribution in [0, 0.1) is 0 Å². The lowest BCUT2D eigenvalue weighted by Gasteiger charge is -2.35. The van der Waals surface area contributed by atoms with E-state index < -0.39 is 0 Å². The van der Waals surface area contributed by atoms with Crippen molar-refractivity contribution >= 4 is 11.6 Å². The summed E-state index contributed by atoms with van der Waals surface area (Å²) in [6, 6.07) is 2.01. The standard InChI is InChI=1S/C13H23N5O/c1-2-3-14-12-10-13(16-11-15-12)18-6-4-17(5-7-18)8-9-19/h10-11,19H,2-9H2,1H3,(H,14,15,16). The maximum absolute atomic E-state index is 8.94. The Kier molecular flexibility index (Phi) is 5.35. The highest BCUT2D eigenvalue weighted by molar-refractivity contribution is 5.48. The van der Waals surface area contributed by atoms with Gasteiger partial charge < -0.3 is 15.3 Å². The van der Waals surface area contributed by atoms with Gasteiger partial charge in [0.05, 0.1) is 6.61 Å². The molecule has 0 radical (unpaired) electrons. The van der Waals surface area contributed by atoms with Crippen LogP contribution < -0.4 is 10.2 Å². The minimum absolute atomic E-state index is 0.235. The van der Waals surface area contributed by atoms with Crippen molar-refractivity contribution in [3.8, 4) is 0 Å². The Bertz CT molecular complexity index is 379. The Morgan fingerprint density at radius 1 is 1.26 bits per heavy atom. The molecule has 2 heterocycles. The summed E-state index contributed by atoms with van der Waals surface area (Å²) < 4.78 is 0. The first-order valence-electron chi connectivity index (χ1n) is 6.97. The Hall–Kier alpha value is -1.40. The molecule has 19 heavy (non-hydrogen) atoms. The monoisotopic (exact) mass is 265 g/mol. The van der Waals surface area contributed by atoms with E-state index in [2.05, 4.69) is 32.0 Å². The second-order valence-electron chi connectivity index (χ2n) is 4.74. The average Bonchev–Trinajstić information content (AvgIpc) is 2.46. The Labute approximate surface area is 114 Å². The summed E-state index contributed by atoms with van der Waals surface area (Å²) in [6.45, 7) is 7.91. The van der Waals surface area contributed by atoms with Crippen LogP contribution in [-0.2, 0) is 0 Å². The number of nitrogens with one attached hydrogen (secondary N) is 1. The molecule has 1 aromatic heterocycles. The molecule has 6 heteroatoms. The molecule has 0 amide bonds. The van der Waals surface area contributed by atoms with Crippen LogP contribution in [0.4, 0.5) is 11.6 Å². The SMILES string of the molecule is CCCNc1cc(N2CCN(CCO)CC2)ncn1. The van der Waals surface area contributed by atoms with E-state index in [1.54, 1.807) is 6.33 Å². The first-order chi connectivity index (χ1) is 9.33. The van der Waals surface area contributed by atoms with Gasteiger partial charge in [-0.2, -0.15) is 0 Å². The quantitative estimate of drug-likeness (QED) is 0.777. The summed E-state index contributed by atoms with van der Waals surface area (Å²) in [7, 11) is 0. The van der Waals surface area contributed by atoms with Gasteiger partial charge in [0, 0.05) is 45.3 Å². The number of rotatable bonds is 6. The summed E-state index contributed by atoms with van der Waals surface area (Å²) >= 11 is 0. The molecule has 1 aliphatic heterocycles. The third kappa shape index (κ3) is 4.04. The first-order valence-corrected chi connectivity index (χ1v) is 6.97. The van der Waals surface area contributed by atoms with Crippen molar-refractivity contribution in [2.24, 2.45) is 0 Å². The molecular weight excluding hydrogens is 242 g/mol. The molecule has 106 valence electrons. The van der Waals surface area contributed by atoms with Crippen molar-refractivity contribution in [1.82, 2.24) is 14.9 Å². The van der Waals surface area contributed by atoms with Gasteiger partial charge in [-0.15, -0.1) is 0 Å². The molecule has 0 bridgehead atoms. The van der Waals surface area contributed by atoms with Gasteiger partial charge in [-0.1, -0.05) is 6.92 Å². The van der Waals surface area contributed by atoms with E-state index in [1.165, 1.54) is 0 Å². The third-order valence-electron chi connectivity index (χ3n) is 3.32. The number of aliphatic hydroxyl groups excluding tert-OH is 1. The van der Waals surface area contributed by atoms with Gasteiger partial charge in [-0.3, -0.25) is 4.90 Å². The third-order valence-corrected chi connectivity index (χ3v) is 3.32. The summed E-state index contributed by atoms with van der Waals surface area (Å²) in [5, 5.41) is 12.2. The fraction of sp³-hybridized carbons (Fsp3) is 0.692.